The fraction of sp³-hybridized carbons (Fsp3) is 0.750. The van der Waals surface area contributed by atoms with Gasteiger partial charge >= 0.3 is 5.97 Å². The molecule has 0 saturated heterocycles. The summed E-state index contributed by atoms with van der Waals surface area (Å²) in [6.07, 6.45) is 4.23. The summed E-state index contributed by atoms with van der Waals surface area (Å²) >= 11 is 0. The van der Waals surface area contributed by atoms with E-state index < -0.39 is 5.97 Å². The Hall–Kier alpha value is -0.860. The van der Waals surface area contributed by atoms with Crippen molar-refractivity contribution >= 4 is 11.7 Å². The van der Waals surface area contributed by atoms with Gasteiger partial charge in [-0.25, -0.2) is 0 Å². The van der Waals surface area contributed by atoms with E-state index >= 15 is 0 Å². The lowest BCUT2D eigenvalue weighted by Gasteiger charge is -2.09. The summed E-state index contributed by atoms with van der Waals surface area (Å²) in [5, 5.41) is 8.39. The van der Waals surface area contributed by atoms with E-state index in [9.17, 15) is 4.79 Å². The summed E-state index contributed by atoms with van der Waals surface area (Å²) in [5.41, 5.74) is 1.10. The fourth-order valence-electron chi connectivity index (χ4n) is 1.21. The summed E-state index contributed by atoms with van der Waals surface area (Å²) < 4.78 is 0. The van der Waals surface area contributed by atoms with Crippen LogP contribution < -0.4 is 0 Å². The Balaban J connectivity index is 2.24. The molecule has 0 radical (unpaired) electrons. The monoisotopic (exact) mass is 155 g/mol. The third-order valence-corrected chi connectivity index (χ3v) is 1.84. The summed E-state index contributed by atoms with van der Waals surface area (Å²) in [5.74, 6) is -0.724. The molecule has 0 aromatic heterocycles. The van der Waals surface area contributed by atoms with Crippen molar-refractivity contribution in [2.75, 3.05) is 6.54 Å². The summed E-state index contributed by atoms with van der Waals surface area (Å²) in [6.45, 7) is 0.898. The van der Waals surface area contributed by atoms with Gasteiger partial charge < -0.3 is 5.11 Å². The third-order valence-electron chi connectivity index (χ3n) is 1.84. The third kappa shape index (κ3) is 3.16. The number of hydrogen-bond acceptors (Lipinski definition) is 2. The van der Waals surface area contributed by atoms with Crippen molar-refractivity contribution in [3.8, 4) is 0 Å². The number of nitrogens with zero attached hydrogens (tertiary/aromatic N) is 1. The first-order chi connectivity index (χ1) is 5.29. The number of aliphatic carboxylic acids is 1. The van der Waals surface area contributed by atoms with E-state index in [4.69, 9.17) is 5.11 Å². The van der Waals surface area contributed by atoms with Crippen molar-refractivity contribution in [3.63, 3.8) is 0 Å². The number of rotatable bonds is 3. The number of carboxylic acids is 1. The molecule has 0 aliphatic carbocycles. The zero-order chi connectivity index (χ0) is 8.10. The molecule has 0 spiro atoms. The van der Waals surface area contributed by atoms with Crippen LogP contribution in [-0.4, -0.2) is 23.3 Å². The molecule has 0 amide bonds. The molecular formula is C8H13NO2. The fourth-order valence-corrected chi connectivity index (χ4v) is 1.21. The molecule has 0 bridgehead atoms. The van der Waals surface area contributed by atoms with E-state index in [0.29, 0.717) is 6.42 Å². The van der Waals surface area contributed by atoms with Crippen LogP contribution in [0.25, 0.3) is 0 Å². The van der Waals surface area contributed by atoms with E-state index in [1.807, 2.05) is 0 Å². The quantitative estimate of drug-likeness (QED) is 0.671. The van der Waals surface area contributed by atoms with Gasteiger partial charge in [0.1, 0.15) is 0 Å². The van der Waals surface area contributed by atoms with Gasteiger partial charge in [0, 0.05) is 12.3 Å². The number of carboxylic acid groups (broad SMARTS) is 1. The molecule has 1 aliphatic heterocycles. The SMILES string of the molecule is O=C(O)CCC1=NCCCC1. The van der Waals surface area contributed by atoms with Gasteiger partial charge in [-0.05, 0) is 25.7 Å². The average Bonchev–Trinajstić information content (AvgIpc) is 2.03. The van der Waals surface area contributed by atoms with Crippen LogP contribution in [0.1, 0.15) is 32.1 Å². The van der Waals surface area contributed by atoms with Crippen LogP contribution >= 0.6 is 0 Å². The zero-order valence-corrected chi connectivity index (χ0v) is 6.55. The lowest BCUT2D eigenvalue weighted by molar-refractivity contribution is -0.136. The molecule has 3 heteroatoms. The van der Waals surface area contributed by atoms with Gasteiger partial charge in [-0.15, -0.1) is 0 Å². The van der Waals surface area contributed by atoms with Crippen LogP contribution in [-0.2, 0) is 4.79 Å². The molecule has 62 valence electrons. The van der Waals surface area contributed by atoms with E-state index in [0.717, 1.165) is 25.1 Å². The van der Waals surface area contributed by atoms with Crippen LogP contribution in [0.4, 0.5) is 0 Å². The molecule has 0 aromatic carbocycles. The van der Waals surface area contributed by atoms with Gasteiger partial charge in [-0.1, -0.05) is 0 Å². The van der Waals surface area contributed by atoms with Crippen molar-refractivity contribution in [2.45, 2.75) is 32.1 Å². The second-order valence-electron chi connectivity index (χ2n) is 2.80. The lowest BCUT2D eigenvalue weighted by atomic mass is 10.1. The van der Waals surface area contributed by atoms with Gasteiger partial charge in [0.15, 0.2) is 0 Å². The Morgan fingerprint density at radius 1 is 1.55 bits per heavy atom. The Labute approximate surface area is 66.1 Å². The predicted molar refractivity (Wildman–Crippen MR) is 43.0 cm³/mol. The van der Waals surface area contributed by atoms with E-state index in [1.165, 1.54) is 6.42 Å². The number of aliphatic imine (C=N–C) groups is 1. The Morgan fingerprint density at radius 2 is 2.36 bits per heavy atom. The first-order valence-electron chi connectivity index (χ1n) is 4.03. The van der Waals surface area contributed by atoms with Gasteiger partial charge in [0.25, 0.3) is 0 Å². The maximum Gasteiger partial charge on any atom is 0.303 e. The van der Waals surface area contributed by atoms with Crippen LogP contribution in [0.3, 0.4) is 0 Å². The Bertz CT molecular complexity index is 175. The molecule has 3 nitrogen and oxygen atoms in total. The van der Waals surface area contributed by atoms with Crippen molar-refractivity contribution in [1.82, 2.24) is 0 Å². The topological polar surface area (TPSA) is 49.7 Å². The van der Waals surface area contributed by atoms with Gasteiger partial charge in [-0.2, -0.15) is 0 Å². The van der Waals surface area contributed by atoms with Crippen LogP contribution in [0.5, 0.6) is 0 Å². The minimum Gasteiger partial charge on any atom is -0.481 e. The molecule has 1 aliphatic rings. The first-order valence-corrected chi connectivity index (χ1v) is 4.03. The largest absolute Gasteiger partial charge is 0.481 e. The van der Waals surface area contributed by atoms with E-state index in [2.05, 4.69) is 4.99 Å². The summed E-state index contributed by atoms with van der Waals surface area (Å²) in [6, 6.07) is 0. The molecule has 1 N–H and O–H groups in total. The summed E-state index contributed by atoms with van der Waals surface area (Å²) in [4.78, 5) is 14.4. The molecule has 0 aromatic rings. The minimum atomic E-state index is -0.724. The van der Waals surface area contributed by atoms with E-state index in [-0.39, 0.29) is 6.42 Å². The number of hydrogen-bond donors (Lipinski definition) is 1. The van der Waals surface area contributed by atoms with Crippen LogP contribution in [0, 0.1) is 0 Å². The Morgan fingerprint density at radius 3 is 2.91 bits per heavy atom. The maximum absolute atomic E-state index is 10.2. The highest BCUT2D eigenvalue weighted by atomic mass is 16.4. The highest BCUT2D eigenvalue weighted by Crippen LogP contribution is 2.09. The molecule has 1 heterocycles. The molecule has 1 rings (SSSR count). The molecule has 0 saturated carbocycles. The van der Waals surface area contributed by atoms with Crippen molar-refractivity contribution in [2.24, 2.45) is 4.99 Å². The first kappa shape index (κ1) is 8.24. The second kappa shape index (κ2) is 4.11. The van der Waals surface area contributed by atoms with Crippen molar-refractivity contribution in [3.05, 3.63) is 0 Å². The van der Waals surface area contributed by atoms with Crippen LogP contribution in [0.2, 0.25) is 0 Å². The summed E-state index contributed by atoms with van der Waals surface area (Å²) in [7, 11) is 0. The molecule has 0 unspecified atom stereocenters. The Kier molecular flexibility index (Phi) is 3.08. The number of carbonyl (C=O) groups is 1. The van der Waals surface area contributed by atoms with Gasteiger partial charge in [0.05, 0.1) is 6.42 Å². The van der Waals surface area contributed by atoms with Crippen LogP contribution in [0.15, 0.2) is 4.99 Å². The molecule has 0 fully saturated rings. The standard InChI is InChI=1S/C8H13NO2/c10-8(11)5-4-7-3-1-2-6-9-7/h1-6H2,(H,10,11). The van der Waals surface area contributed by atoms with Gasteiger partial charge in [-0.3, -0.25) is 9.79 Å². The predicted octanol–water partition coefficient (Wildman–Crippen LogP) is 1.48. The van der Waals surface area contributed by atoms with Crippen molar-refractivity contribution in [1.29, 1.82) is 0 Å². The second-order valence-corrected chi connectivity index (χ2v) is 2.80. The highest BCUT2D eigenvalue weighted by Gasteiger charge is 2.06. The maximum atomic E-state index is 10.2. The van der Waals surface area contributed by atoms with E-state index in [1.54, 1.807) is 0 Å². The van der Waals surface area contributed by atoms with Crippen molar-refractivity contribution < 1.29 is 9.90 Å². The molecule has 11 heavy (non-hydrogen) atoms. The average molecular weight is 155 g/mol. The molecular weight excluding hydrogens is 142 g/mol. The zero-order valence-electron chi connectivity index (χ0n) is 6.55. The minimum absolute atomic E-state index is 0.235. The lowest BCUT2D eigenvalue weighted by Crippen LogP contribution is -2.08. The molecule has 0 atom stereocenters. The smallest absolute Gasteiger partial charge is 0.303 e. The normalized spacial score (nSPS) is 17.6. The highest BCUT2D eigenvalue weighted by molar-refractivity contribution is 5.87. The van der Waals surface area contributed by atoms with Gasteiger partial charge in [0.2, 0.25) is 0 Å².